The molecular formula is C11H10F6O. The van der Waals surface area contributed by atoms with E-state index in [-0.39, 0.29) is 12.0 Å². The van der Waals surface area contributed by atoms with Gasteiger partial charge in [-0.2, -0.15) is 26.3 Å². The number of aliphatic hydroxyl groups is 1. The van der Waals surface area contributed by atoms with Gasteiger partial charge < -0.3 is 5.11 Å². The lowest BCUT2D eigenvalue weighted by Crippen LogP contribution is -2.19. The molecule has 0 aliphatic heterocycles. The van der Waals surface area contributed by atoms with Crippen LogP contribution in [0.4, 0.5) is 26.3 Å². The van der Waals surface area contributed by atoms with E-state index >= 15 is 0 Å². The van der Waals surface area contributed by atoms with Crippen LogP contribution < -0.4 is 0 Å². The van der Waals surface area contributed by atoms with E-state index in [0.717, 1.165) is 6.07 Å². The summed E-state index contributed by atoms with van der Waals surface area (Å²) in [5.41, 5.74) is -4.22. The molecule has 0 spiro atoms. The molecule has 0 atom stereocenters. The van der Waals surface area contributed by atoms with Crippen molar-refractivity contribution >= 4 is 0 Å². The Bertz CT molecular complexity index is 432. The van der Waals surface area contributed by atoms with Crippen LogP contribution in [-0.2, 0) is 25.4 Å². The second kappa shape index (κ2) is 4.79. The van der Waals surface area contributed by atoms with Crippen LogP contribution in [0, 0.1) is 0 Å². The first kappa shape index (κ1) is 14.8. The van der Waals surface area contributed by atoms with E-state index in [0.29, 0.717) is 6.07 Å². The summed E-state index contributed by atoms with van der Waals surface area (Å²) in [5, 5.41) is 8.82. The van der Waals surface area contributed by atoms with Crippen LogP contribution in [0.1, 0.15) is 29.2 Å². The summed E-state index contributed by atoms with van der Waals surface area (Å²) in [6.07, 6.45) is -10.1. The van der Waals surface area contributed by atoms with Crippen LogP contribution >= 0.6 is 0 Å². The molecule has 0 aliphatic rings. The molecule has 1 nitrogen and oxygen atoms in total. The SMILES string of the molecule is CCc1cc(CO)c(C(F)(F)F)c(C(F)(F)F)c1. The molecule has 102 valence electrons. The van der Waals surface area contributed by atoms with Crippen LogP contribution in [0.3, 0.4) is 0 Å². The summed E-state index contributed by atoms with van der Waals surface area (Å²) >= 11 is 0. The summed E-state index contributed by atoms with van der Waals surface area (Å²) in [6.45, 7) is 0.426. The van der Waals surface area contributed by atoms with Crippen LogP contribution in [0.5, 0.6) is 0 Å². The highest BCUT2D eigenvalue weighted by atomic mass is 19.4. The third-order valence-corrected chi connectivity index (χ3v) is 2.45. The van der Waals surface area contributed by atoms with E-state index in [2.05, 4.69) is 0 Å². The third kappa shape index (κ3) is 2.95. The highest BCUT2D eigenvalue weighted by Crippen LogP contribution is 2.42. The zero-order chi connectivity index (χ0) is 14.1. The van der Waals surface area contributed by atoms with Gasteiger partial charge in [-0.15, -0.1) is 0 Å². The molecule has 1 aromatic carbocycles. The van der Waals surface area contributed by atoms with Gasteiger partial charge in [0, 0.05) is 0 Å². The molecule has 0 amide bonds. The Kier molecular flexibility index (Phi) is 3.95. The molecule has 0 aromatic heterocycles. The lowest BCUT2D eigenvalue weighted by atomic mass is 9.96. The van der Waals surface area contributed by atoms with Crippen molar-refractivity contribution in [3.8, 4) is 0 Å². The van der Waals surface area contributed by atoms with Crippen molar-refractivity contribution < 1.29 is 31.4 Å². The highest BCUT2D eigenvalue weighted by molar-refractivity contribution is 5.42. The number of hydrogen-bond donors (Lipinski definition) is 1. The minimum absolute atomic E-state index is 0.0966. The van der Waals surface area contributed by atoms with E-state index in [9.17, 15) is 26.3 Å². The van der Waals surface area contributed by atoms with Crippen LogP contribution in [-0.4, -0.2) is 5.11 Å². The molecule has 0 fully saturated rings. The van der Waals surface area contributed by atoms with Gasteiger partial charge in [-0.25, -0.2) is 0 Å². The lowest BCUT2D eigenvalue weighted by molar-refractivity contribution is -0.162. The molecule has 0 bridgehead atoms. The van der Waals surface area contributed by atoms with Gasteiger partial charge >= 0.3 is 12.4 Å². The maximum absolute atomic E-state index is 12.7. The van der Waals surface area contributed by atoms with Gasteiger partial charge in [0.2, 0.25) is 0 Å². The minimum Gasteiger partial charge on any atom is -0.392 e. The van der Waals surface area contributed by atoms with Crippen molar-refractivity contribution in [1.82, 2.24) is 0 Å². The molecule has 1 aromatic rings. The Balaban J connectivity index is 3.64. The van der Waals surface area contributed by atoms with Gasteiger partial charge in [0.25, 0.3) is 0 Å². The zero-order valence-electron chi connectivity index (χ0n) is 9.28. The maximum atomic E-state index is 12.7. The number of benzene rings is 1. The lowest BCUT2D eigenvalue weighted by Gasteiger charge is -2.19. The molecule has 0 radical (unpaired) electrons. The molecule has 0 saturated heterocycles. The number of aliphatic hydroxyl groups excluding tert-OH is 1. The Labute approximate surface area is 99.0 Å². The van der Waals surface area contributed by atoms with Gasteiger partial charge in [-0.05, 0) is 23.6 Å². The Morgan fingerprint density at radius 3 is 1.89 bits per heavy atom. The van der Waals surface area contributed by atoms with E-state index in [4.69, 9.17) is 5.11 Å². The molecular weight excluding hydrogens is 262 g/mol. The summed E-state index contributed by atoms with van der Waals surface area (Å²) in [6, 6.07) is 1.42. The molecule has 7 heteroatoms. The maximum Gasteiger partial charge on any atom is 0.417 e. The summed E-state index contributed by atoms with van der Waals surface area (Å²) in [4.78, 5) is 0. The van der Waals surface area contributed by atoms with Crippen molar-refractivity contribution in [3.05, 3.63) is 34.4 Å². The van der Waals surface area contributed by atoms with Crippen molar-refractivity contribution in [1.29, 1.82) is 0 Å². The van der Waals surface area contributed by atoms with E-state index in [1.54, 1.807) is 0 Å². The molecule has 0 saturated carbocycles. The van der Waals surface area contributed by atoms with E-state index < -0.39 is 35.6 Å². The molecule has 18 heavy (non-hydrogen) atoms. The average molecular weight is 272 g/mol. The molecule has 1 rings (SSSR count). The summed E-state index contributed by atoms with van der Waals surface area (Å²) in [5.74, 6) is 0. The fourth-order valence-electron chi connectivity index (χ4n) is 1.66. The number of halogens is 6. The van der Waals surface area contributed by atoms with Gasteiger partial charge in [0.05, 0.1) is 17.7 Å². The van der Waals surface area contributed by atoms with E-state index in [1.807, 2.05) is 0 Å². The Hall–Kier alpha value is -1.24. The fourth-order valence-corrected chi connectivity index (χ4v) is 1.66. The average Bonchev–Trinajstić information content (AvgIpc) is 2.24. The third-order valence-electron chi connectivity index (χ3n) is 2.45. The standard InChI is InChI=1S/C11H10F6O/c1-2-6-3-7(5-18)9(11(15,16)17)8(4-6)10(12,13)14/h3-4,18H,2,5H2,1H3. The zero-order valence-corrected chi connectivity index (χ0v) is 9.28. The highest BCUT2D eigenvalue weighted by Gasteiger charge is 2.44. The summed E-state index contributed by atoms with van der Waals surface area (Å²) in [7, 11) is 0. The first-order chi connectivity index (χ1) is 8.11. The number of aryl methyl sites for hydroxylation is 1. The topological polar surface area (TPSA) is 20.2 Å². The minimum atomic E-state index is -5.16. The quantitative estimate of drug-likeness (QED) is 0.812. The van der Waals surface area contributed by atoms with Gasteiger partial charge in [-0.1, -0.05) is 13.0 Å². The Morgan fingerprint density at radius 2 is 1.56 bits per heavy atom. The largest absolute Gasteiger partial charge is 0.417 e. The molecule has 1 N–H and O–H groups in total. The summed E-state index contributed by atoms with van der Waals surface area (Å²) < 4.78 is 75.8. The number of alkyl halides is 6. The van der Waals surface area contributed by atoms with E-state index in [1.165, 1.54) is 6.92 Å². The van der Waals surface area contributed by atoms with Crippen LogP contribution in [0.25, 0.3) is 0 Å². The van der Waals surface area contributed by atoms with Gasteiger partial charge in [-0.3, -0.25) is 0 Å². The number of rotatable bonds is 2. The molecule has 0 aliphatic carbocycles. The van der Waals surface area contributed by atoms with Crippen molar-refractivity contribution in [2.75, 3.05) is 0 Å². The first-order valence-electron chi connectivity index (χ1n) is 5.02. The molecule has 0 heterocycles. The molecule has 0 unspecified atom stereocenters. The predicted molar refractivity (Wildman–Crippen MR) is 51.7 cm³/mol. The van der Waals surface area contributed by atoms with Crippen LogP contribution in [0.15, 0.2) is 12.1 Å². The second-order valence-corrected chi connectivity index (χ2v) is 3.68. The van der Waals surface area contributed by atoms with Crippen LogP contribution in [0.2, 0.25) is 0 Å². The fraction of sp³-hybridized carbons (Fsp3) is 0.455. The number of hydrogen-bond acceptors (Lipinski definition) is 1. The second-order valence-electron chi connectivity index (χ2n) is 3.68. The normalized spacial score (nSPS) is 12.9. The monoisotopic (exact) mass is 272 g/mol. The van der Waals surface area contributed by atoms with Crippen molar-refractivity contribution in [2.24, 2.45) is 0 Å². The first-order valence-corrected chi connectivity index (χ1v) is 5.02. The van der Waals surface area contributed by atoms with Crippen molar-refractivity contribution in [3.63, 3.8) is 0 Å². The Morgan fingerprint density at radius 1 is 1.00 bits per heavy atom. The smallest absolute Gasteiger partial charge is 0.392 e. The predicted octanol–water partition coefficient (Wildman–Crippen LogP) is 3.78. The van der Waals surface area contributed by atoms with Gasteiger partial charge in [0.15, 0.2) is 0 Å². The van der Waals surface area contributed by atoms with Crippen molar-refractivity contribution in [2.45, 2.75) is 32.3 Å². The van der Waals surface area contributed by atoms with Gasteiger partial charge in [0.1, 0.15) is 0 Å².